The number of benzene rings is 6. The van der Waals surface area contributed by atoms with Gasteiger partial charge in [-0.3, -0.25) is 0 Å². The summed E-state index contributed by atoms with van der Waals surface area (Å²) in [6, 6.07) is 44.4. The van der Waals surface area contributed by atoms with Crippen LogP contribution in [0.15, 0.2) is 141 Å². The highest BCUT2D eigenvalue weighted by atomic mass is 79.9. The van der Waals surface area contributed by atoms with Crippen LogP contribution >= 0.6 is 15.9 Å². The second kappa shape index (κ2) is 8.72. The van der Waals surface area contributed by atoms with Crippen LogP contribution in [-0.2, 0) is 0 Å². The quantitative estimate of drug-likeness (QED) is 0.213. The van der Waals surface area contributed by atoms with Gasteiger partial charge >= 0.3 is 0 Å². The van der Waals surface area contributed by atoms with Crippen LogP contribution in [0.5, 0.6) is 0 Å². The maximum absolute atomic E-state index is 6.76. The fourth-order valence-corrected chi connectivity index (χ4v) is 5.99. The largest absolute Gasteiger partial charge is 0.455 e. The molecule has 0 saturated heterocycles. The Hall–Kier alpha value is -4.60. The number of hydrogen-bond donors (Lipinski definition) is 0. The first-order chi connectivity index (χ1) is 19.2. The molecule has 2 heterocycles. The summed E-state index contributed by atoms with van der Waals surface area (Å²) in [5.74, 6) is 0. The lowest BCUT2D eigenvalue weighted by atomic mass is 9.97. The summed E-state index contributed by atoms with van der Waals surface area (Å²) >= 11 is 3.54. The molecule has 0 bridgehead atoms. The number of para-hydroxylation sites is 4. The average molecular weight is 565 g/mol. The summed E-state index contributed by atoms with van der Waals surface area (Å²) in [5, 5.41) is 4.44. The molecular formula is C36H21BrO2. The van der Waals surface area contributed by atoms with Crippen molar-refractivity contribution in [3.63, 3.8) is 0 Å². The monoisotopic (exact) mass is 564 g/mol. The summed E-state index contributed by atoms with van der Waals surface area (Å²) in [6.45, 7) is 0. The summed E-state index contributed by atoms with van der Waals surface area (Å²) in [7, 11) is 0. The molecule has 0 aliphatic rings. The van der Waals surface area contributed by atoms with E-state index in [2.05, 4.69) is 131 Å². The van der Waals surface area contributed by atoms with Crippen LogP contribution in [0.1, 0.15) is 0 Å². The lowest BCUT2D eigenvalue weighted by Gasteiger charge is -2.07. The van der Waals surface area contributed by atoms with E-state index in [-0.39, 0.29) is 0 Å². The molecule has 39 heavy (non-hydrogen) atoms. The minimum Gasteiger partial charge on any atom is -0.455 e. The second-order valence-electron chi connectivity index (χ2n) is 9.83. The van der Waals surface area contributed by atoms with E-state index in [1.54, 1.807) is 0 Å². The molecule has 0 aliphatic heterocycles. The number of hydrogen-bond acceptors (Lipinski definition) is 2. The fourth-order valence-electron chi connectivity index (χ4n) is 5.73. The molecule has 8 rings (SSSR count). The lowest BCUT2D eigenvalue weighted by Crippen LogP contribution is -1.82. The Bertz CT molecular complexity index is 2180. The number of halogens is 1. The van der Waals surface area contributed by atoms with E-state index in [9.17, 15) is 0 Å². The first-order valence-electron chi connectivity index (χ1n) is 13.0. The summed E-state index contributed by atoms with van der Waals surface area (Å²) in [6.07, 6.45) is 0. The van der Waals surface area contributed by atoms with Gasteiger partial charge in [0.05, 0.1) is 0 Å². The summed E-state index contributed by atoms with van der Waals surface area (Å²) < 4.78 is 14.2. The predicted octanol–water partition coefficient (Wildman–Crippen LogP) is 11.2. The van der Waals surface area contributed by atoms with E-state index >= 15 is 0 Å². The number of fused-ring (bicyclic) bond motifs is 6. The van der Waals surface area contributed by atoms with Gasteiger partial charge in [-0.2, -0.15) is 0 Å². The molecule has 0 amide bonds. The molecule has 0 saturated carbocycles. The van der Waals surface area contributed by atoms with Gasteiger partial charge in [-0.05, 0) is 41.0 Å². The zero-order chi connectivity index (χ0) is 25.9. The van der Waals surface area contributed by atoms with Gasteiger partial charge in [-0.25, -0.2) is 0 Å². The zero-order valence-corrected chi connectivity index (χ0v) is 22.4. The Kier molecular flexibility index (Phi) is 5.01. The first kappa shape index (κ1) is 22.4. The van der Waals surface area contributed by atoms with Gasteiger partial charge in [0.25, 0.3) is 0 Å². The number of furan rings is 2. The lowest BCUT2D eigenvalue weighted by molar-refractivity contribution is 0.665. The van der Waals surface area contributed by atoms with Crippen molar-refractivity contribution in [2.45, 2.75) is 0 Å². The molecule has 0 spiro atoms. The van der Waals surface area contributed by atoms with Crippen molar-refractivity contribution < 1.29 is 8.83 Å². The molecule has 2 aromatic heterocycles. The highest BCUT2D eigenvalue weighted by molar-refractivity contribution is 9.10. The maximum Gasteiger partial charge on any atom is 0.143 e. The topological polar surface area (TPSA) is 26.3 Å². The molecule has 8 aromatic rings. The van der Waals surface area contributed by atoms with Gasteiger partial charge in [0.2, 0.25) is 0 Å². The molecule has 0 atom stereocenters. The van der Waals surface area contributed by atoms with Crippen LogP contribution in [0.25, 0.3) is 77.3 Å². The van der Waals surface area contributed by atoms with Crippen LogP contribution < -0.4 is 0 Å². The van der Waals surface area contributed by atoms with Crippen LogP contribution in [0.2, 0.25) is 0 Å². The van der Waals surface area contributed by atoms with Crippen molar-refractivity contribution >= 4 is 59.8 Å². The van der Waals surface area contributed by atoms with Gasteiger partial charge < -0.3 is 8.83 Å². The Balaban J connectivity index is 1.34. The third-order valence-corrected chi connectivity index (χ3v) is 8.10. The third kappa shape index (κ3) is 3.54. The highest BCUT2D eigenvalue weighted by Crippen LogP contribution is 2.43. The van der Waals surface area contributed by atoms with E-state index < -0.39 is 0 Å². The molecule has 0 fully saturated rings. The molecule has 3 heteroatoms. The molecule has 0 N–H and O–H groups in total. The second-order valence-corrected chi connectivity index (χ2v) is 10.8. The SMILES string of the molecule is Brc1ccc(-c2cccc(-c3cccc4c3oc3c(-c5cccc6c5oc5ccccc56)cccc34)c2)cc1. The van der Waals surface area contributed by atoms with Gasteiger partial charge in [-0.1, -0.05) is 119 Å². The maximum atomic E-state index is 6.76. The van der Waals surface area contributed by atoms with E-state index in [1.165, 1.54) is 11.1 Å². The van der Waals surface area contributed by atoms with Gasteiger partial charge in [0, 0.05) is 42.7 Å². The Morgan fingerprint density at radius 3 is 1.67 bits per heavy atom. The molecule has 184 valence electrons. The fraction of sp³-hybridized carbons (Fsp3) is 0. The van der Waals surface area contributed by atoms with Crippen LogP contribution in [0.4, 0.5) is 0 Å². The molecular weight excluding hydrogens is 544 g/mol. The van der Waals surface area contributed by atoms with Gasteiger partial charge in [-0.15, -0.1) is 0 Å². The highest BCUT2D eigenvalue weighted by Gasteiger charge is 2.19. The Labute approximate surface area is 233 Å². The van der Waals surface area contributed by atoms with Crippen molar-refractivity contribution in [1.29, 1.82) is 0 Å². The third-order valence-electron chi connectivity index (χ3n) is 7.57. The van der Waals surface area contributed by atoms with Crippen LogP contribution in [-0.4, -0.2) is 0 Å². The van der Waals surface area contributed by atoms with E-state index in [1.807, 2.05) is 12.1 Å². The minimum atomic E-state index is 0.872. The van der Waals surface area contributed by atoms with E-state index in [0.717, 1.165) is 70.6 Å². The molecule has 0 radical (unpaired) electrons. The van der Waals surface area contributed by atoms with Crippen molar-refractivity contribution in [3.05, 3.63) is 132 Å². The smallest absolute Gasteiger partial charge is 0.143 e. The van der Waals surface area contributed by atoms with Crippen molar-refractivity contribution in [2.75, 3.05) is 0 Å². The molecule has 0 aliphatic carbocycles. The Morgan fingerprint density at radius 1 is 0.385 bits per heavy atom. The molecule has 2 nitrogen and oxygen atoms in total. The van der Waals surface area contributed by atoms with Crippen molar-refractivity contribution in [3.8, 4) is 33.4 Å². The normalized spacial score (nSPS) is 11.7. The van der Waals surface area contributed by atoms with Gasteiger partial charge in [0.1, 0.15) is 22.3 Å². The van der Waals surface area contributed by atoms with Crippen LogP contribution in [0, 0.1) is 0 Å². The molecule has 0 unspecified atom stereocenters. The van der Waals surface area contributed by atoms with E-state index in [4.69, 9.17) is 8.83 Å². The van der Waals surface area contributed by atoms with E-state index in [0.29, 0.717) is 0 Å². The first-order valence-corrected chi connectivity index (χ1v) is 13.8. The average Bonchev–Trinajstić information content (AvgIpc) is 3.56. The summed E-state index contributed by atoms with van der Waals surface area (Å²) in [4.78, 5) is 0. The van der Waals surface area contributed by atoms with Crippen molar-refractivity contribution in [2.24, 2.45) is 0 Å². The summed E-state index contributed by atoms with van der Waals surface area (Å²) in [5.41, 5.74) is 10.2. The minimum absolute atomic E-state index is 0.872. The van der Waals surface area contributed by atoms with Crippen molar-refractivity contribution in [1.82, 2.24) is 0 Å². The van der Waals surface area contributed by atoms with Gasteiger partial charge in [0.15, 0.2) is 0 Å². The van der Waals surface area contributed by atoms with Crippen LogP contribution in [0.3, 0.4) is 0 Å². The molecule has 6 aromatic carbocycles. The number of rotatable bonds is 3. The Morgan fingerprint density at radius 2 is 0.923 bits per heavy atom. The predicted molar refractivity (Wildman–Crippen MR) is 165 cm³/mol. The standard InChI is InChI=1S/C36H21BrO2/c37-25-19-17-22(18-20-25)23-7-3-8-24(21-23)26-10-4-12-29-31-14-6-15-32(36(31)39-34(26)29)30-13-5-11-28-27-9-1-2-16-33(27)38-35(28)30/h1-21H. The zero-order valence-electron chi connectivity index (χ0n) is 20.8.